The molecule has 0 aromatic rings. The van der Waals surface area contributed by atoms with Crippen molar-refractivity contribution in [2.24, 2.45) is 11.7 Å². The van der Waals surface area contributed by atoms with Gasteiger partial charge in [-0.3, -0.25) is 0 Å². The van der Waals surface area contributed by atoms with Crippen molar-refractivity contribution in [1.29, 1.82) is 0 Å². The van der Waals surface area contributed by atoms with Crippen molar-refractivity contribution in [3.05, 3.63) is 0 Å². The van der Waals surface area contributed by atoms with Crippen molar-refractivity contribution in [1.82, 2.24) is 0 Å². The molecule has 0 radical (unpaired) electrons. The van der Waals surface area contributed by atoms with Crippen molar-refractivity contribution in [2.75, 3.05) is 6.54 Å². The molecule has 0 saturated heterocycles. The number of hydrogen-bond donors (Lipinski definition) is 2. The molecule has 0 aromatic heterocycles. The van der Waals surface area contributed by atoms with Gasteiger partial charge in [-0.05, 0) is 18.8 Å². The monoisotopic (exact) mass is 129 g/mol. The second-order valence-electron chi connectivity index (χ2n) is 3.10. The van der Waals surface area contributed by atoms with Crippen LogP contribution >= 0.6 is 0 Å². The average Bonchev–Trinajstić information content (AvgIpc) is 2.15. The minimum atomic E-state index is -0.528. The summed E-state index contributed by atoms with van der Waals surface area (Å²) in [5.41, 5.74) is 4.88. The van der Waals surface area contributed by atoms with Gasteiger partial charge < -0.3 is 10.8 Å². The fourth-order valence-corrected chi connectivity index (χ4v) is 1.53. The topological polar surface area (TPSA) is 46.2 Å². The lowest BCUT2D eigenvalue weighted by Gasteiger charge is -2.25. The molecular formula is C7H15NO. The van der Waals surface area contributed by atoms with E-state index in [-0.39, 0.29) is 0 Å². The smallest absolute Gasteiger partial charge is 0.0794 e. The Hall–Kier alpha value is -0.0800. The fourth-order valence-electron chi connectivity index (χ4n) is 1.53. The predicted octanol–water partition coefficient (Wildman–Crippen LogP) is 0.496. The highest BCUT2D eigenvalue weighted by Gasteiger charge is 2.36. The third-order valence-corrected chi connectivity index (χ3v) is 2.52. The second-order valence-corrected chi connectivity index (χ2v) is 3.10. The maximum atomic E-state index is 9.64. The van der Waals surface area contributed by atoms with E-state index in [4.69, 9.17) is 5.73 Å². The van der Waals surface area contributed by atoms with Crippen LogP contribution in [0, 0.1) is 5.92 Å². The van der Waals surface area contributed by atoms with Crippen LogP contribution in [-0.2, 0) is 0 Å². The van der Waals surface area contributed by atoms with E-state index in [0.717, 1.165) is 19.3 Å². The lowest BCUT2D eigenvalue weighted by atomic mass is 9.93. The Labute approximate surface area is 56.1 Å². The van der Waals surface area contributed by atoms with Gasteiger partial charge in [0.1, 0.15) is 0 Å². The van der Waals surface area contributed by atoms with Crippen LogP contribution in [0.1, 0.15) is 26.2 Å². The molecule has 2 nitrogen and oxygen atoms in total. The molecule has 1 aliphatic rings. The lowest BCUT2D eigenvalue weighted by Crippen LogP contribution is -2.39. The van der Waals surface area contributed by atoms with Crippen molar-refractivity contribution in [3.63, 3.8) is 0 Å². The van der Waals surface area contributed by atoms with Crippen LogP contribution in [0.3, 0.4) is 0 Å². The fraction of sp³-hybridized carbons (Fsp3) is 1.00. The van der Waals surface area contributed by atoms with Crippen molar-refractivity contribution in [2.45, 2.75) is 31.8 Å². The van der Waals surface area contributed by atoms with E-state index in [0.29, 0.717) is 12.5 Å². The first-order valence-electron chi connectivity index (χ1n) is 3.61. The van der Waals surface area contributed by atoms with E-state index in [9.17, 15) is 5.11 Å². The van der Waals surface area contributed by atoms with Gasteiger partial charge in [-0.2, -0.15) is 0 Å². The molecule has 2 atom stereocenters. The van der Waals surface area contributed by atoms with Gasteiger partial charge in [-0.15, -0.1) is 0 Å². The Bertz CT molecular complexity index is 105. The van der Waals surface area contributed by atoms with E-state index < -0.39 is 5.60 Å². The number of aliphatic hydroxyl groups is 1. The molecule has 0 aromatic carbocycles. The highest BCUT2D eigenvalue weighted by atomic mass is 16.3. The van der Waals surface area contributed by atoms with Crippen LogP contribution in [0.2, 0.25) is 0 Å². The molecule has 9 heavy (non-hydrogen) atoms. The van der Waals surface area contributed by atoms with Crippen LogP contribution in [0.5, 0.6) is 0 Å². The third kappa shape index (κ3) is 1.10. The van der Waals surface area contributed by atoms with Crippen molar-refractivity contribution >= 4 is 0 Å². The molecule has 0 heterocycles. The van der Waals surface area contributed by atoms with Crippen molar-refractivity contribution in [3.8, 4) is 0 Å². The number of hydrogen-bond acceptors (Lipinski definition) is 2. The predicted molar refractivity (Wildman–Crippen MR) is 37.0 cm³/mol. The normalized spacial score (nSPS) is 43.7. The van der Waals surface area contributed by atoms with Gasteiger partial charge in [0.2, 0.25) is 0 Å². The summed E-state index contributed by atoms with van der Waals surface area (Å²) < 4.78 is 0. The summed E-state index contributed by atoms with van der Waals surface area (Å²) in [5, 5.41) is 9.64. The van der Waals surface area contributed by atoms with E-state index in [1.54, 1.807) is 0 Å². The summed E-state index contributed by atoms with van der Waals surface area (Å²) >= 11 is 0. The molecule has 1 saturated carbocycles. The highest BCUT2D eigenvalue weighted by Crippen LogP contribution is 2.33. The molecule has 0 spiro atoms. The molecule has 1 rings (SSSR count). The molecule has 3 N–H and O–H groups in total. The van der Waals surface area contributed by atoms with Crippen LogP contribution < -0.4 is 5.73 Å². The van der Waals surface area contributed by atoms with Crippen molar-refractivity contribution < 1.29 is 5.11 Å². The molecule has 54 valence electrons. The molecular weight excluding hydrogens is 114 g/mol. The zero-order valence-corrected chi connectivity index (χ0v) is 5.93. The summed E-state index contributed by atoms with van der Waals surface area (Å²) in [7, 11) is 0. The van der Waals surface area contributed by atoms with Crippen LogP contribution in [0.4, 0.5) is 0 Å². The lowest BCUT2D eigenvalue weighted by molar-refractivity contribution is 0.0182. The number of nitrogens with two attached hydrogens (primary N) is 1. The van der Waals surface area contributed by atoms with E-state index >= 15 is 0 Å². The van der Waals surface area contributed by atoms with Gasteiger partial charge in [0.05, 0.1) is 5.60 Å². The molecule has 0 bridgehead atoms. The molecule has 1 fully saturated rings. The summed E-state index contributed by atoms with van der Waals surface area (Å²) in [6, 6.07) is 0. The van der Waals surface area contributed by atoms with E-state index in [1.165, 1.54) is 0 Å². The van der Waals surface area contributed by atoms with Gasteiger partial charge in [0.25, 0.3) is 0 Å². The summed E-state index contributed by atoms with van der Waals surface area (Å²) in [6.45, 7) is 2.49. The van der Waals surface area contributed by atoms with Gasteiger partial charge in [-0.1, -0.05) is 13.3 Å². The van der Waals surface area contributed by atoms with E-state index in [1.807, 2.05) is 0 Å². The summed E-state index contributed by atoms with van der Waals surface area (Å²) in [4.78, 5) is 0. The minimum absolute atomic E-state index is 0.405. The molecule has 2 heteroatoms. The molecule has 0 amide bonds. The standard InChI is InChI=1S/C7H15NO/c1-6-3-2-4-7(6,9)5-8/h6,9H,2-5,8H2,1H3/t6-,7-/m0/s1. The van der Waals surface area contributed by atoms with Gasteiger partial charge in [0, 0.05) is 6.54 Å². The maximum Gasteiger partial charge on any atom is 0.0794 e. The molecule has 0 unspecified atom stereocenters. The van der Waals surface area contributed by atoms with Gasteiger partial charge in [-0.25, -0.2) is 0 Å². The SMILES string of the molecule is C[C@H]1CCC[C@]1(O)CN. The van der Waals surface area contributed by atoms with Crippen LogP contribution in [0.25, 0.3) is 0 Å². The second kappa shape index (κ2) is 2.27. The Morgan fingerprint density at radius 1 is 1.78 bits per heavy atom. The Kier molecular flexibility index (Phi) is 1.78. The Morgan fingerprint density at radius 3 is 2.67 bits per heavy atom. The van der Waals surface area contributed by atoms with Gasteiger partial charge >= 0.3 is 0 Å². The first-order valence-corrected chi connectivity index (χ1v) is 3.61. The zero-order chi connectivity index (χ0) is 6.91. The van der Waals surface area contributed by atoms with Gasteiger partial charge in [0.15, 0.2) is 0 Å². The minimum Gasteiger partial charge on any atom is -0.388 e. The first kappa shape index (κ1) is 7.03. The highest BCUT2D eigenvalue weighted by molar-refractivity contribution is 4.90. The molecule has 1 aliphatic carbocycles. The summed E-state index contributed by atoms with van der Waals surface area (Å²) in [6.07, 6.45) is 3.16. The maximum absolute atomic E-state index is 9.64. The van der Waals surface area contributed by atoms with Crippen LogP contribution in [0.15, 0.2) is 0 Å². The molecule has 0 aliphatic heterocycles. The van der Waals surface area contributed by atoms with Crippen LogP contribution in [-0.4, -0.2) is 17.3 Å². The third-order valence-electron chi connectivity index (χ3n) is 2.52. The first-order chi connectivity index (χ1) is 4.19. The zero-order valence-electron chi connectivity index (χ0n) is 5.93. The number of rotatable bonds is 1. The quantitative estimate of drug-likeness (QED) is 0.541. The Balaban J connectivity index is 2.56. The summed E-state index contributed by atoms with van der Waals surface area (Å²) in [5.74, 6) is 0.405. The average molecular weight is 129 g/mol. The van der Waals surface area contributed by atoms with E-state index in [2.05, 4.69) is 6.92 Å². The largest absolute Gasteiger partial charge is 0.388 e. The Morgan fingerprint density at radius 2 is 2.44 bits per heavy atom.